The standard InChI is InChI=1S/C9H13Cl2N3/c1-6(12)5-14(2)9-8(11)3-7(10)4-13-9/h3-4,6H,5,12H2,1-2H3. The van der Waals surface area contributed by atoms with Crippen molar-refractivity contribution >= 4 is 29.0 Å². The summed E-state index contributed by atoms with van der Waals surface area (Å²) in [6.07, 6.45) is 1.57. The van der Waals surface area contributed by atoms with Crippen LogP contribution in [0.15, 0.2) is 12.3 Å². The smallest absolute Gasteiger partial charge is 0.147 e. The second-order valence-corrected chi connectivity index (χ2v) is 4.16. The second kappa shape index (κ2) is 4.82. The van der Waals surface area contributed by atoms with Gasteiger partial charge in [0.1, 0.15) is 5.82 Å². The van der Waals surface area contributed by atoms with Crippen LogP contribution in [0, 0.1) is 0 Å². The van der Waals surface area contributed by atoms with Crippen LogP contribution in [0.3, 0.4) is 0 Å². The maximum atomic E-state index is 5.98. The molecular formula is C9H13Cl2N3. The fourth-order valence-corrected chi connectivity index (χ4v) is 1.73. The maximum Gasteiger partial charge on any atom is 0.147 e. The van der Waals surface area contributed by atoms with E-state index >= 15 is 0 Å². The molecule has 1 aromatic rings. The highest BCUT2D eigenvalue weighted by atomic mass is 35.5. The van der Waals surface area contributed by atoms with Crippen molar-refractivity contribution in [1.82, 2.24) is 4.98 Å². The number of anilines is 1. The Morgan fingerprint density at radius 1 is 1.57 bits per heavy atom. The molecule has 0 aliphatic carbocycles. The first kappa shape index (κ1) is 11.6. The van der Waals surface area contributed by atoms with Gasteiger partial charge in [-0.15, -0.1) is 0 Å². The lowest BCUT2D eigenvalue weighted by Gasteiger charge is -2.21. The topological polar surface area (TPSA) is 42.1 Å². The molecule has 3 nitrogen and oxygen atoms in total. The first-order chi connectivity index (χ1) is 6.50. The van der Waals surface area contributed by atoms with Gasteiger partial charge in [-0.3, -0.25) is 0 Å². The SMILES string of the molecule is CC(N)CN(C)c1ncc(Cl)cc1Cl. The molecule has 0 aliphatic heterocycles. The molecule has 0 bridgehead atoms. The van der Waals surface area contributed by atoms with Crippen LogP contribution in [0.4, 0.5) is 5.82 Å². The van der Waals surface area contributed by atoms with Gasteiger partial charge in [0, 0.05) is 25.8 Å². The van der Waals surface area contributed by atoms with Crippen molar-refractivity contribution in [2.45, 2.75) is 13.0 Å². The molecule has 0 fully saturated rings. The van der Waals surface area contributed by atoms with Gasteiger partial charge in [-0.25, -0.2) is 4.98 Å². The summed E-state index contributed by atoms with van der Waals surface area (Å²) < 4.78 is 0. The van der Waals surface area contributed by atoms with E-state index in [9.17, 15) is 0 Å². The first-order valence-corrected chi connectivity index (χ1v) is 5.04. The average Bonchev–Trinajstić information content (AvgIpc) is 2.01. The van der Waals surface area contributed by atoms with Crippen molar-refractivity contribution in [3.05, 3.63) is 22.3 Å². The fraction of sp³-hybridized carbons (Fsp3) is 0.444. The van der Waals surface area contributed by atoms with E-state index in [1.165, 1.54) is 0 Å². The summed E-state index contributed by atoms with van der Waals surface area (Å²) in [7, 11) is 1.89. The highest BCUT2D eigenvalue weighted by molar-refractivity contribution is 6.35. The predicted molar refractivity (Wildman–Crippen MR) is 61.2 cm³/mol. The predicted octanol–water partition coefficient (Wildman–Crippen LogP) is 2.17. The highest BCUT2D eigenvalue weighted by Gasteiger charge is 2.09. The molecule has 14 heavy (non-hydrogen) atoms. The molecule has 1 rings (SSSR count). The maximum absolute atomic E-state index is 5.98. The van der Waals surface area contributed by atoms with E-state index in [2.05, 4.69) is 4.98 Å². The van der Waals surface area contributed by atoms with Gasteiger partial charge in [0.05, 0.1) is 10.0 Å². The second-order valence-electron chi connectivity index (χ2n) is 3.32. The molecule has 0 saturated heterocycles. The third-order valence-electron chi connectivity index (χ3n) is 1.71. The number of hydrogen-bond donors (Lipinski definition) is 1. The highest BCUT2D eigenvalue weighted by Crippen LogP contribution is 2.24. The monoisotopic (exact) mass is 233 g/mol. The van der Waals surface area contributed by atoms with Gasteiger partial charge in [-0.05, 0) is 13.0 Å². The minimum Gasteiger partial charge on any atom is -0.357 e. The molecule has 78 valence electrons. The summed E-state index contributed by atoms with van der Waals surface area (Å²) >= 11 is 11.7. The van der Waals surface area contributed by atoms with Crippen molar-refractivity contribution in [3.8, 4) is 0 Å². The summed E-state index contributed by atoms with van der Waals surface area (Å²) in [6.45, 7) is 2.63. The zero-order valence-electron chi connectivity index (χ0n) is 8.17. The fourth-order valence-electron chi connectivity index (χ4n) is 1.21. The van der Waals surface area contributed by atoms with E-state index in [0.29, 0.717) is 22.4 Å². The van der Waals surface area contributed by atoms with E-state index in [1.54, 1.807) is 12.3 Å². The molecule has 0 spiro atoms. The van der Waals surface area contributed by atoms with Gasteiger partial charge in [0.25, 0.3) is 0 Å². The molecule has 2 N–H and O–H groups in total. The third-order valence-corrected chi connectivity index (χ3v) is 2.20. The van der Waals surface area contributed by atoms with Crippen molar-refractivity contribution in [3.63, 3.8) is 0 Å². The van der Waals surface area contributed by atoms with Gasteiger partial charge >= 0.3 is 0 Å². The molecule has 0 aromatic carbocycles. The van der Waals surface area contributed by atoms with E-state index in [4.69, 9.17) is 28.9 Å². The number of halogens is 2. The van der Waals surface area contributed by atoms with Crippen LogP contribution in [-0.4, -0.2) is 24.6 Å². The Morgan fingerprint density at radius 3 is 2.71 bits per heavy atom. The van der Waals surface area contributed by atoms with Crippen LogP contribution in [0.25, 0.3) is 0 Å². The minimum absolute atomic E-state index is 0.0774. The van der Waals surface area contributed by atoms with Crippen molar-refractivity contribution < 1.29 is 0 Å². The number of nitrogens with zero attached hydrogens (tertiary/aromatic N) is 2. The first-order valence-electron chi connectivity index (χ1n) is 4.28. The molecule has 0 amide bonds. The lowest BCUT2D eigenvalue weighted by molar-refractivity contribution is 0.712. The van der Waals surface area contributed by atoms with Gasteiger partial charge in [0.15, 0.2) is 0 Å². The van der Waals surface area contributed by atoms with Gasteiger partial charge in [-0.2, -0.15) is 0 Å². The number of hydrogen-bond acceptors (Lipinski definition) is 3. The van der Waals surface area contributed by atoms with Crippen LogP contribution in [-0.2, 0) is 0 Å². The van der Waals surface area contributed by atoms with E-state index in [-0.39, 0.29) is 6.04 Å². The molecule has 0 saturated carbocycles. The zero-order valence-corrected chi connectivity index (χ0v) is 9.68. The summed E-state index contributed by atoms with van der Waals surface area (Å²) in [5.74, 6) is 0.702. The number of rotatable bonds is 3. The zero-order chi connectivity index (χ0) is 10.7. The summed E-state index contributed by atoms with van der Waals surface area (Å²) in [5, 5.41) is 1.08. The van der Waals surface area contributed by atoms with Gasteiger partial charge < -0.3 is 10.6 Å². The van der Waals surface area contributed by atoms with Crippen LogP contribution < -0.4 is 10.6 Å². The van der Waals surface area contributed by atoms with Crippen LogP contribution in [0.5, 0.6) is 0 Å². The third kappa shape index (κ3) is 3.01. The Hall–Kier alpha value is -0.510. The minimum atomic E-state index is 0.0774. The van der Waals surface area contributed by atoms with Crippen LogP contribution >= 0.6 is 23.2 Å². The Bertz CT molecular complexity index is 315. The average molecular weight is 234 g/mol. The van der Waals surface area contributed by atoms with Crippen LogP contribution in [0.1, 0.15) is 6.92 Å². The molecule has 1 unspecified atom stereocenters. The van der Waals surface area contributed by atoms with Gasteiger partial charge in [-0.1, -0.05) is 23.2 Å². The summed E-state index contributed by atoms with van der Waals surface area (Å²) in [6, 6.07) is 1.75. The van der Waals surface area contributed by atoms with Crippen molar-refractivity contribution in [1.29, 1.82) is 0 Å². The number of nitrogens with two attached hydrogens (primary N) is 1. The molecular weight excluding hydrogens is 221 g/mol. The van der Waals surface area contributed by atoms with E-state index < -0.39 is 0 Å². The Kier molecular flexibility index (Phi) is 3.98. The van der Waals surface area contributed by atoms with Crippen molar-refractivity contribution in [2.24, 2.45) is 5.73 Å². The Morgan fingerprint density at radius 2 is 2.21 bits per heavy atom. The Labute approximate surface area is 93.8 Å². The Balaban J connectivity index is 2.84. The lowest BCUT2D eigenvalue weighted by Crippen LogP contribution is -2.33. The lowest BCUT2D eigenvalue weighted by atomic mass is 10.3. The number of aromatic nitrogens is 1. The molecule has 0 aliphatic rings. The summed E-state index contributed by atoms with van der Waals surface area (Å²) in [4.78, 5) is 6.04. The number of likely N-dealkylation sites (N-methyl/N-ethyl adjacent to an activating group) is 1. The van der Waals surface area contributed by atoms with Crippen LogP contribution in [0.2, 0.25) is 10.0 Å². The largest absolute Gasteiger partial charge is 0.357 e. The molecule has 1 atom stereocenters. The number of pyridine rings is 1. The summed E-state index contributed by atoms with van der Waals surface area (Å²) in [5.41, 5.74) is 5.67. The van der Waals surface area contributed by atoms with Crippen molar-refractivity contribution in [2.75, 3.05) is 18.5 Å². The molecule has 5 heteroatoms. The van der Waals surface area contributed by atoms with E-state index in [0.717, 1.165) is 0 Å². The molecule has 0 radical (unpaired) electrons. The van der Waals surface area contributed by atoms with Gasteiger partial charge in [0.2, 0.25) is 0 Å². The molecule has 1 aromatic heterocycles. The van der Waals surface area contributed by atoms with E-state index in [1.807, 2.05) is 18.9 Å². The normalized spacial score (nSPS) is 12.6. The quantitative estimate of drug-likeness (QED) is 0.871. The molecule has 1 heterocycles.